The van der Waals surface area contributed by atoms with Crippen molar-refractivity contribution in [2.45, 2.75) is 49.4 Å². The van der Waals surface area contributed by atoms with Crippen LogP contribution in [0.4, 0.5) is 13.2 Å². The lowest BCUT2D eigenvalue weighted by Gasteiger charge is -2.45. The van der Waals surface area contributed by atoms with E-state index in [1.807, 2.05) is 0 Å². The van der Waals surface area contributed by atoms with E-state index in [1.165, 1.54) is 32.1 Å². The maximum Gasteiger partial charge on any atom is 0.434 e. The lowest BCUT2D eigenvalue weighted by Crippen LogP contribution is -2.53. The molecule has 0 unspecified atom stereocenters. The summed E-state index contributed by atoms with van der Waals surface area (Å²) in [6, 6.07) is 0. The fourth-order valence-electron chi connectivity index (χ4n) is 3.69. The Balaban J connectivity index is 0.00000261. The van der Waals surface area contributed by atoms with Crippen molar-refractivity contribution in [1.29, 1.82) is 0 Å². The molecular formula is C17H26F3IN4S2. The number of thioether (sulfide) groups is 1. The van der Waals surface area contributed by atoms with Crippen LogP contribution < -0.4 is 5.32 Å². The van der Waals surface area contributed by atoms with Crippen LogP contribution in [-0.2, 0) is 12.6 Å². The van der Waals surface area contributed by atoms with Crippen molar-refractivity contribution < 1.29 is 13.2 Å². The van der Waals surface area contributed by atoms with E-state index in [0.717, 1.165) is 41.5 Å². The maximum absolute atomic E-state index is 12.6. The number of rotatable bonds is 3. The van der Waals surface area contributed by atoms with Crippen molar-refractivity contribution in [3.8, 4) is 0 Å². The molecule has 1 saturated carbocycles. The fraction of sp³-hybridized carbons (Fsp3) is 0.765. The third kappa shape index (κ3) is 6.12. The molecule has 10 heteroatoms. The monoisotopic (exact) mass is 534 g/mol. The summed E-state index contributed by atoms with van der Waals surface area (Å²) in [5.74, 6) is 1.95. The quantitative estimate of drug-likeness (QED) is 0.349. The Morgan fingerprint density at radius 2 is 2.07 bits per heavy atom. The maximum atomic E-state index is 12.6. The highest BCUT2D eigenvalue weighted by Gasteiger charge is 2.38. The van der Waals surface area contributed by atoms with Crippen LogP contribution in [0.3, 0.4) is 0 Å². The van der Waals surface area contributed by atoms with Crippen LogP contribution in [0.15, 0.2) is 10.4 Å². The second-order valence-corrected chi connectivity index (χ2v) is 9.37. The Bertz CT molecular complexity index is 624. The van der Waals surface area contributed by atoms with Crippen molar-refractivity contribution in [3.05, 3.63) is 16.1 Å². The van der Waals surface area contributed by atoms with Crippen LogP contribution in [0, 0.1) is 0 Å². The summed E-state index contributed by atoms with van der Waals surface area (Å²) in [7, 11) is 1.77. The molecule has 0 atom stereocenters. The molecule has 1 saturated heterocycles. The van der Waals surface area contributed by atoms with E-state index >= 15 is 0 Å². The molecule has 2 aliphatic rings. The van der Waals surface area contributed by atoms with Crippen LogP contribution >= 0.6 is 47.1 Å². The summed E-state index contributed by atoms with van der Waals surface area (Å²) < 4.78 is 38.2. The van der Waals surface area contributed by atoms with E-state index < -0.39 is 11.9 Å². The molecule has 0 radical (unpaired) electrons. The molecular weight excluding hydrogens is 508 g/mol. The van der Waals surface area contributed by atoms with Gasteiger partial charge in [-0.25, -0.2) is 4.98 Å². The Morgan fingerprint density at radius 1 is 1.33 bits per heavy atom. The Morgan fingerprint density at radius 3 is 2.70 bits per heavy atom. The van der Waals surface area contributed by atoms with Gasteiger partial charge in [-0.05, 0) is 12.8 Å². The Labute approximate surface area is 183 Å². The molecule has 1 spiro atoms. The topological polar surface area (TPSA) is 40.5 Å². The van der Waals surface area contributed by atoms with Gasteiger partial charge in [-0.1, -0.05) is 19.3 Å². The molecule has 0 amide bonds. The molecule has 2 fully saturated rings. The number of nitrogens with zero attached hydrogens (tertiary/aromatic N) is 3. The van der Waals surface area contributed by atoms with Gasteiger partial charge in [0.2, 0.25) is 0 Å². The van der Waals surface area contributed by atoms with Gasteiger partial charge in [0.1, 0.15) is 0 Å². The summed E-state index contributed by atoms with van der Waals surface area (Å²) in [5.41, 5.74) is -0.797. The summed E-state index contributed by atoms with van der Waals surface area (Å²) >= 11 is 3.17. The van der Waals surface area contributed by atoms with E-state index in [0.29, 0.717) is 22.7 Å². The van der Waals surface area contributed by atoms with Gasteiger partial charge in [-0.3, -0.25) is 4.99 Å². The molecule has 0 aromatic carbocycles. The minimum atomic E-state index is -4.36. The number of hydrogen-bond acceptors (Lipinski definition) is 4. The van der Waals surface area contributed by atoms with Gasteiger partial charge in [0, 0.05) is 49.0 Å². The SMILES string of the molecule is CN=C(NCCc1nc(C(F)(F)F)cs1)N1CCSC2(CCCCC2)C1.I. The molecule has 0 bridgehead atoms. The predicted molar refractivity (Wildman–Crippen MR) is 117 cm³/mol. The van der Waals surface area contributed by atoms with Gasteiger partial charge in [0.25, 0.3) is 0 Å². The number of halogens is 4. The fourth-order valence-corrected chi connectivity index (χ4v) is 6.07. The van der Waals surface area contributed by atoms with E-state index in [9.17, 15) is 13.2 Å². The molecule has 27 heavy (non-hydrogen) atoms. The molecule has 1 aromatic rings. The lowest BCUT2D eigenvalue weighted by molar-refractivity contribution is -0.140. The number of guanidine groups is 1. The zero-order valence-corrected chi connectivity index (χ0v) is 19.3. The first-order valence-corrected chi connectivity index (χ1v) is 10.9. The Hall–Kier alpha value is -0.230. The second kappa shape index (κ2) is 10.00. The smallest absolute Gasteiger partial charge is 0.356 e. The number of aliphatic imine (C=N–C) groups is 1. The number of hydrogen-bond donors (Lipinski definition) is 1. The zero-order chi connectivity index (χ0) is 18.6. The first-order chi connectivity index (χ1) is 12.4. The standard InChI is InChI=1S/C17H25F3N4S2.HI/c1-21-15(22-8-5-14-23-13(11-25-14)17(18,19)20)24-9-10-26-16(12-24)6-3-2-4-7-16;/h11H,2-10,12H2,1H3,(H,21,22);1H. The van der Waals surface area contributed by atoms with E-state index in [1.54, 1.807) is 7.05 Å². The molecule has 2 heterocycles. The summed E-state index contributed by atoms with van der Waals surface area (Å²) in [6.07, 6.45) is 2.58. The van der Waals surface area contributed by atoms with Crippen LogP contribution in [0.25, 0.3) is 0 Å². The normalized spacial score (nSPS) is 20.4. The van der Waals surface area contributed by atoms with Crippen molar-refractivity contribution in [2.24, 2.45) is 4.99 Å². The zero-order valence-electron chi connectivity index (χ0n) is 15.3. The van der Waals surface area contributed by atoms with Gasteiger partial charge in [0.15, 0.2) is 11.7 Å². The van der Waals surface area contributed by atoms with Crippen LogP contribution in [0.2, 0.25) is 0 Å². The summed E-state index contributed by atoms with van der Waals surface area (Å²) in [5, 5.41) is 4.89. The van der Waals surface area contributed by atoms with Crippen molar-refractivity contribution in [2.75, 3.05) is 32.4 Å². The Kier molecular flexibility index (Phi) is 8.54. The highest BCUT2D eigenvalue weighted by atomic mass is 127. The molecule has 154 valence electrons. The second-order valence-electron chi connectivity index (χ2n) is 6.86. The molecule has 1 aliphatic heterocycles. The first kappa shape index (κ1) is 23.1. The highest BCUT2D eigenvalue weighted by molar-refractivity contribution is 14.0. The van der Waals surface area contributed by atoms with E-state index in [4.69, 9.17) is 0 Å². The third-order valence-corrected chi connectivity index (χ3v) is 7.43. The average molecular weight is 534 g/mol. The molecule has 1 aromatic heterocycles. The number of aromatic nitrogens is 1. The average Bonchev–Trinajstić information content (AvgIpc) is 3.09. The van der Waals surface area contributed by atoms with Crippen molar-refractivity contribution in [1.82, 2.24) is 15.2 Å². The molecule has 4 nitrogen and oxygen atoms in total. The van der Waals surface area contributed by atoms with Gasteiger partial charge in [-0.2, -0.15) is 24.9 Å². The van der Waals surface area contributed by atoms with Crippen LogP contribution in [0.1, 0.15) is 42.8 Å². The summed E-state index contributed by atoms with van der Waals surface area (Å²) in [4.78, 5) is 10.4. The van der Waals surface area contributed by atoms with E-state index in [-0.39, 0.29) is 24.0 Å². The molecule has 1 N–H and O–H groups in total. The van der Waals surface area contributed by atoms with Crippen molar-refractivity contribution >= 4 is 53.0 Å². The van der Waals surface area contributed by atoms with Gasteiger partial charge in [-0.15, -0.1) is 35.3 Å². The lowest BCUT2D eigenvalue weighted by atomic mass is 9.87. The first-order valence-electron chi connectivity index (χ1n) is 9.03. The molecule has 3 rings (SSSR count). The third-order valence-electron chi connectivity index (χ3n) is 4.99. The van der Waals surface area contributed by atoms with Gasteiger partial charge >= 0.3 is 6.18 Å². The predicted octanol–water partition coefficient (Wildman–Crippen LogP) is 4.65. The largest absolute Gasteiger partial charge is 0.434 e. The minimum Gasteiger partial charge on any atom is -0.356 e. The van der Waals surface area contributed by atoms with Gasteiger partial charge < -0.3 is 10.2 Å². The summed E-state index contributed by atoms with van der Waals surface area (Å²) in [6.45, 7) is 2.50. The van der Waals surface area contributed by atoms with E-state index in [2.05, 4.69) is 32.0 Å². The minimum absolute atomic E-state index is 0. The van der Waals surface area contributed by atoms with Crippen molar-refractivity contribution in [3.63, 3.8) is 0 Å². The van der Waals surface area contributed by atoms with Gasteiger partial charge in [0.05, 0.1) is 5.01 Å². The number of nitrogens with one attached hydrogen (secondary N) is 1. The van der Waals surface area contributed by atoms with Crippen LogP contribution in [0.5, 0.6) is 0 Å². The molecule has 1 aliphatic carbocycles. The highest BCUT2D eigenvalue weighted by Crippen LogP contribution is 2.42. The number of alkyl halides is 3. The number of thiazole rings is 1. The van der Waals surface area contributed by atoms with Crippen LogP contribution in [-0.4, -0.2) is 53.0 Å².